The molecule has 1 rings (SSSR count). The predicted molar refractivity (Wildman–Crippen MR) is 60.7 cm³/mol. The van der Waals surface area contributed by atoms with Crippen molar-refractivity contribution in [2.45, 2.75) is 11.5 Å². The molecule has 0 saturated carbocycles. The number of hydrogen-bond acceptors (Lipinski definition) is 1. The summed E-state index contributed by atoms with van der Waals surface area (Å²) in [6, 6.07) is 6.04. The maximum Gasteiger partial charge on any atom is 0.410 e. The van der Waals surface area contributed by atoms with Crippen LogP contribution in [0, 0.1) is 0 Å². The standard InChI is InChI=1S/C11H8BrF3O2/c12-6-7-3-1-2-4-8(7)9(10(16)17)5-11(13,14)15/h1-5H,6H2,(H,16,17). The van der Waals surface area contributed by atoms with E-state index in [2.05, 4.69) is 15.9 Å². The lowest BCUT2D eigenvalue weighted by Crippen LogP contribution is -2.09. The lowest BCUT2D eigenvalue weighted by atomic mass is 10.0. The molecule has 0 fully saturated rings. The molecule has 0 aliphatic carbocycles. The minimum atomic E-state index is -4.66. The molecular formula is C11H8BrF3O2. The highest BCUT2D eigenvalue weighted by atomic mass is 79.9. The molecule has 0 unspecified atom stereocenters. The van der Waals surface area contributed by atoms with Crippen LogP contribution in [0.5, 0.6) is 0 Å². The van der Waals surface area contributed by atoms with Crippen LogP contribution in [0.2, 0.25) is 0 Å². The number of carboxylic acids is 1. The van der Waals surface area contributed by atoms with Gasteiger partial charge in [0.05, 0.1) is 5.57 Å². The van der Waals surface area contributed by atoms with Crippen molar-refractivity contribution in [2.75, 3.05) is 0 Å². The van der Waals surface area contributed by atoms with Gasteiger partial charge in [-0.05, 0) is 11.1 Å². The van der Waals surface area contributed by atoms with Gasteiger partial charge in [-0.25, -0.2) is 4.79 Å². The molecular weight excluding hydrogens is 301 g/mol. The number of aliphatic carboxylic acids is 1. The quantitative estimate of drug-likeness (QED) is 0.684. The van der Waals surface area contributed by atoms with E-state index in [4.69, 9.17) is 5.11 Å². The van der Waals surface area contributed by atoms with Crippen molar-refractivity contribution in [3.05, 3.63) is 41.5 Å². The van der Waals surface area contributed by atoms with Crippen molar-refractivity contribution in [3.8, 4) is 0 Å². The van der Waals surface area contributed by atoms with Crippen molar-refractivity contribution < 1.29 is 23.1 Å². The zero-order valence-corrected chi connectivity index (χ0v) is 10.0. The topological polar surface area (TPSA) is 37.3 Å². The zero-order chi connectivity index (χ0) is 13.1. The first-order valence-corrected chi connectivity index (χ1v) is 5.64. The van der Waals surface area contributed by atoms with Crippen LogP contribution in [0.4, 0.5) is 13.2 Å². The Bertz CT molecular complexity index is 452. The lowest BCUT2D eigenvalue weighted by molar-refractivity contribution is -0.131. The molecule has 92 valence electrons. The van der Waals surface area contributed by atoms with E-state index in [1.165, 1.54) is 12.1 Å². The van der Waals surface area contributed by atoms with Gasteiger partial charge in [0, 0.05) is 11.4 Å². The summed E-state index contributed by atoms with van der Waals surface area (Å²) in [5, 5.41) is 9.11. The van der Waals surface area contributed by atoms with Crippen molar-refractivity contribution >= 4 is 27.5 Å². The Balaban J connectivity index is 3.34. The highest BCUT2D eigenvalue weighted by Crippen LogP contribution is 2.27. The fraction of sp³-hybridized carbons (Fsp3) is 0.182. The number of rotatable bonds is 3. The third-order valence-electron chi connectivity index (χ3n) is 1.99. The first-order valence-electron chi connectivity index (χ1n) is 4.52. The maximum atomic E-state index is 12.2. The minimum Gasteiger partial charge on any atom is -0.478 e. The number of carboxylic acid groups (broad SMARTS) is 1. The Kier molecular flexibility index (Phi) is 4.34. The Labute approximate surface area is 104 Å². The third-order valence-corrected chi connectivity index (χ3v) is 2.59. The number of allylic oxidation sites excluding steroid dienone is 1. The number of hydrogen-bond donors (Lipinski definition) is 1. The molecule has 2 nitrogen and oxygen atoms in total. The molecule has 0 aliphatic rings. The summed E-state index contributed by atoms with van der Waals surface area (Å²) in [5.41, 5.74) is -0.202. The summed E-state index contributed by atoms with van der Waals surface area (Å²) in [4.78, 5) is 10.9. The highest BCUT2D eigenvalue weighted by Gasteiger charge is 2.28. The summed E-state index contributed by atoms with van der Waals surface area (Å²) >= 11 is 3.10. The summed E-state index contributed by atoms with van der Waals surface area (Å²) in [6.07, 6.45) is -4.86. The molecule has 0 saturated heterocycles. The van der Waals surface area contributed by atoms with E-state index in [9.17, 15) is 18.0 Å². The molecule has 0 aromatic heterocycles. The van der Waals surface area contributed by atoms with Gasteiger partial charge in [0.2, 0.25) is 0 Å². The van der Waals surface area contributed by atoms with Crippen LogP contribution in [0.3, 0.4) is 0 Å². The van der Waals surface area contributed by atoms with Crippen LogP contribution in [-0.2, 0) is 10.1 Å². The maximum absolute atomic E-state index is 12.2. The minimum absolute atomic E-state index is 0.0641. The van der Waals surface area contributed by atoms with Gasteiger partial charge in [0.15, 0.2) is 0 Å². The van der Waals surface area contributed by atoms with Crippen LogP contribution in [0.1, 0.15) is 11.1 Å². The molecule has 0 heterocycles. The molecule has 1 aromatic carbocycles. The van der Waals surface area contributed by atoms with Gasteiger partial charge < -0.3 is 5.11 Å². The fourth-order valence-corrected chi connectivity index (χ4v) is 1.81. The molecule has 0 bridgehead atoms. The van der Waals surface area contributed by atoms with Crippen molar-refractivity contribution in [1.29, 1.82) is 0 Å². The van der Waals surface area contributed by atoms with E-state index in [-0.39, 0.29) is 17.0 Å². The molecule has 0 amide bonds. The Morgan fingerprint density at radius 1 is 1.35 bits per heavy atom. The smallest absolute Gasteiger partial charge is 0.410 e. The number of halogens is 4. The molecule has 1 aromatic rings. The normalized spacial score (nSPS) is 12.6. The van der Waals surface area contributed by atoms with E-state index in [0.29, 0.717) is 5.56 Å². The Hall–Kier alpha value is -1.30. The van der Waals surface area contributed by atoms with Gasteiger partial charge in [0.25, 0.3) is 0 Å². The van der Waals surface area contributed by atoms with Gasteiger partial charge in [-0.15, -0.1) is 0 Å². The second kappa shape index (κ2) is 5.35. The SMILES string of the molecule is O=C(O)C(=CC(F)(F)F)c1ccccc1CBr. The van der Waals surface area contributed by atoms with Crippen LogP contribution in [0.25, 0.3) is 5.57 Å². The lowest BCUT2D eigenvalue weighted by Gasteiger charge is -2.09. The fourth-order valence-electron chi connectivity index (χ4n) is 1.32. The van der Waals surface area contributed by atoms with E-state index in [1.54, 1.807) is 12.1 Å². The predicted octanol–water partition coefficient (Wildman–Crippen LogP) is 3.61. The van der Waals surface area contributed by atoms with Crippen LogP contribution < -0.4 is 0 Å². The molecule has 0 aliphatic heterocycles. The first-order chi connectivity index (χ1) is 7.85. The van der Waals surface area contributed by atoms with Crippen LogP contribution in [0.15, 0.2) is 30.3 Å². The monoisotopic (exact) mass is 308 g/mol. The van der Waals surface area contributed by atoms with E-state index < -0.39 is 17.7 Å². The van der Waals surface area contributed by atoms with Gasteiger partial charge in [-0.2, -0.15) is 13.2 Å². The second-order valence-corrected chi connectivity index (χ2v) is 3.76. The van der Waals surface area contributed by atoms with E-state index in [1.807, 2.05) is 0 Å². The number of alkyl halides is 4. The summed E-state index contributed by atoms with van der Waals surface area (Å²) < 4.78 is 36.7. The highest BCUT2D eigenvalue weighted by molar-refractivity contribution is 9.08. The molecule has 6 heteroatoms. The molecule has 17 heavy (non-hydrogen) atoms. The van der Waals surface area contributed by atoms with Gasteiger partial charge in [-0.3, -0.25) is 0 Å². The van der Waals surface area contributed by atoms with Gasteiger partial charge in [0.1, 0.15) is 0 Å². The molecule has 0 atom stereocenters. The second-order valence-electron chi connectivity index (χ2n) is 3.20. The van der Waals surface area contributed by atoms with Crippen molar-refractivity contribution in [2.24, 2.45) is 0 Å². The summed E-state index contributed by atoms with van der Waals surface area (Å²) in [7, 11) is 0. The first kappa shape index (κ1) is 13.8. The van der Waals surface area contributed by atoms with Crippen molar-refractivity contribution in [1.82, 2.24) is 0 Å². The molecule has 0 spiro atoms. The number of carbonyl (C=O) groups is 1. The zero-order valence-electron chi connectivity index (χ0n) is 8.46. The number of benzene rings is 1. The van der Waals surface area contributed by atoms with Crippen molar-refractivity contribution in [3.63, 3.8) is 0 Å². The van der Waals surface area contributed by atoms with Crippen LogP contribution in [-0.4, -0.2) is 17.3 Å². The average molecular weight is 309 g/mol. The summed E-state index contributed by atoms with van der Waals surface area (Å²) in [6.45, 7) is 0. The van der Waals surface area contributed by atoms with Crippen LogP contribution >= 0.6 is 15.9 Å². The Morgan fingerprint density at radius 2 is 1.94 bits per heavy atom. The third kappa shape index (κ3) is 3.89. The molecule has 0 radical (unpaired) electrons. The molecule has 1 N–H and O–H groups in total. The van der Waals surface area contributed by atoms with E-state index in [0.717, 1.165) is 0 Å². The van der Waals surface area contributed by atoms with Gasteiger partial charge in [-0.1, -0.05) is 40.2 Å². The Morgan fingerprint density at radius 3 is 2.41 bits per heavy atom. The average Bonchev–Trinajstić information content (AvgIpc) is 2.24. The largest absolute Gasteiger partial charge is 0.478 e. The van der Waals surface area contributed by atoms with E-state index >= 15 is 0 Å². The summed E-state index contributed by atoms with van der Waals surface area (Å²) in [5.74, 6) is -1.60. The van der Waals surface area contributed by atoms with Gasteiger partial charge >= 0.3 is 12.1 Å².